The maximum Gasteiger partial charge on any atom is 0.140 e. The van der Waals surface area contributed by atoms with Crippen LogP contribution in [0.1, 0.15) is 11.1 Å². The monoisotopic (exact) mass is 265 g/mol. The zero-order valence-electron chi connectivity index (χ0n) is 9.99. The molecule has 0 radical (unpaired) electrons. The summed E-state index contributed by atoms with van der Waals surface area (Å²) >= 11 is 5.76. The molecule has 0 aliphatic rings. The van der Waals surface area contributed by atoms with E-state index in [9.17, 15) is 4.39 Å². The smallest absolute Gasteiger partial charge is 0.140 e. The number of hydrogen-bond acceptors (Lipinski definition) is 2. The van der Waals surface area contributed by atoms with Gasteiger partial charge in [0.15, 0.2) is 0 Å². The molecule has 1 heterocycles. The van der Waals surface area contributed by atoms with Crippen LogP contribution >= 0.6 is 11.6 Å². The van der Waals surface area contributed by atoms with Gasteiger partial charge in [-0.2, -0.15) is 0 Å². The topological polar surface area (TPSA) is 22.1 Å². The number of hydrogen-bond donors (Lipinski definition) is 0. The number of halogens is 2. The average Bonchev–Trinajstić information content (AvgIpc) is 2.34. The lowest BCUT2D eigenvalue weighted by Crippen LogP contribution is -2.03. The molecule has 2 rings (SSSR count). The Bertz CT molecular complexity index is 528. The van der Waals surface area contributed by atoms with Crippen LogP contribution in [-0.2, 0) is 6.42 Å². The number of aryl methyl sites for hydroxylation is 1. The van der Waals surface area contributed by atoms with Gasteiger partial charge in [0.2, 0.25) is 0 Å². The van der Waals surface area contributed by atoms with Crippen LogP contribution in [0.25, 0.3) is 0 Å². The van der Waals surface area contributed by atoms with Crippen LogP contribution < -0.4 is 4.74 Å². The highest BCUT2D eigenvalue weighted by Crippen LogP contribution is 2.19. The van der Waals surface area contributed by atoms with E-state index in [-0.39, 0.29) is 5.82 Å². The molecule has 0 spiro atoms. The van der Waals surface area contributed by atoms with Crippen molar-refractivity contribution in [3.8, 4) is 5.75 Å². The van der Waals surface area contributed by atoms with Crippen molar-refractivity contribution in [1.29, 1.82) is 0 Å². The summed E-state index contributed by atoms with van der Waals surface area (Å²) in [5, 5.41) is 0.457. The van der Waals surface area contributed by atoms with E-state index in [1.54, 1.807) is 24.4 Å². The molecular weight excluding hydrogens is 253 g/mol. The maximum absolute atomic E-state index is 12.7. The Morgan fingerprint density at radius 3 is 2.67 bits per heavy atom. The molecule has 0 unspecified atom stereocenters. The molecule has 1 aromatic carbocycles. The highest BCUT2D eigenvalue weighted by atomic mass is 35.5. The molecule has 2 nitrogen and oxygen atoms in total. The molecule has 0 fully saturated rings. The summed E-state index contributed by atoms with van der Waals surface area (Å²) in [6.45, 7) is 2.44. The van der Waals surface area contributed by atoms with Crippen molar-refractivity contribution in [3.05, 3.63) is 58.6 Å². The molecule has 0 aliphatic carbocycles. The van der Waals surface area contributed by atoms with E-state index in [1.165, 1.54) is 12.1 Å². The Balaban J connectivity index is 1.90. The molecule has 18 heavy (non-hydrogen) atoms. The van der Waals surface area contributed by atoms with E-state index in [0.717, 1.165) is 23.3 Å². The minimum absolute atomic E-state index is 0.225. The minimum Gasteiger partial charge on any atom is -0.491 e. The Kier molecular flexibility index (Phi) is 4.15. The van der Waals surface area contributed by atoms with E-state index < -0.39 is 0 Å². The zero-order valence-corrected chi connectivity index (χ0v) is 10.7. The van der Waals surface area contributed by atoms with E-state index in [2.05, 4.69) is 4.98 Å². The van der Waals surface area contributed by atoms with Gasteiger partial charge in [0.25, 0.3) is 0 Å². The van der Waals surface area contributed by atoms with Crippen molar-refractivity contribution < 1.29 is 9.13 Å². The van der Waals surface area contributed by atoms with Crippen LogP contribution in [0.15, 0.2) is 36.5 Å². The third-order valence-electron chi connectivity index (χ3n) is 2.59. The fourth-order valence-electron chi connectivity index (χ4n) is 1.59. The number of benzene rings is 1. The average molecular weight is 266 g/mol. The second-order valence-electron chi connectivity index (χ2n) is 4.00. The van der Waals surface area contributed by atoms with Gasteiger partial charge in [-0.15, -0.1) is 0 Å². The molecule has 0 saturated carbocycles. The summed E-state index contributed by atoms with van der Waals surface area (Å²) in [4.78, 5) is 3.97. The Labute approximate surface area is 110 Å². The van der Waals surface area contributed by atoms with Gasteiger partial charge in [0.1, 0.15) is 16.7 Å². The molecule has 0 atom stereocenters. The highest BCUT2D eigenvalue weighted by Gasteiger charge is 2.01. The largest absolute Gasteiger partial charge is 0.491 e. The molecule has 0 N–H and O–H groups in total. The van der Waals surface area contributed by atoms with Crippen LogP contribution in [-0.4, -0.2) is 11.6 Å². The number of aromatic nitrogens is 1. The van der Waals surface area contributed by atoms with Crippen molar-refractivity contribution >= 4 is 11.6 Å². The molecule has 4 heteroatoms. The first kappa shape index (κ1) is 12.8. The zero-order chi connectivity index (χ0) is 13.0. The number of ether oxygens (including phenoxy) is 1. The van der Waals surface area contributed by atoms with Gasteiger partial charge < -0.3 is 4.74 Å². The first-order valence-electron chi connectivity index (χ1n) is 5.64. The predicted octanol–water partition coefficient (Wildman–Crippen LogP) is 3.80. The van der Waals surface area contributed by atoms with Crippen molar-refractivity contribution in [2.45, 2.75) is 13.3 Å². The molecule has 94 valence electrons. The fraction of sp³-hybridized carbons (Fsp3) is 0.214. The lowest BCUT2D eigenvalue weighted by atomic mass is 10.1. The van der Waals surface area contributed by atoms with Crippen molar-refractivity contribution in [1.82, 2.24) is 4.98 Å². The van der Waals surface area contributed by atoms with Crippen LogP contribution in [0, 0.1) is 12.7 Å². The van der Waals surface area contributed by atoms with E-state index in [4.69, 9.17) is 16.3 Å². The molecule has 0 amide bonds. The number of nitrogens with zero attached hydrogens (tertiary/aromatic N) is 1. The molecule has 0 saturated heterocycles. The molecular formula is C14H13ClFNO. The lowest BCUT2D eigenvalue weighted by Gasteiger charge is -2.08. The summed E-state index contributed by atoms with van der Waals surface area (Å²) in [7, 11) is 0. The van der Waals surface area contributed by atoms with Crippen LogP contribution in [0.4, 0.5) is 4.39 Å². The SMILES string of the molecule is Cc1cc(Cl)ncc1OCCc1ccc(F)cc1. The van der Waals surface area contributed by atoms with Gasteiger partial charge >= 0.3 is 0 Å². The summed E-state index contributed by atoms with van der Waals surface area (Å²) in [6, 6.07) is 8.17. The normalized spacial score (nSPS) is 10.4. The second kappa shape index (κ2) is 5.83. The summed E-state index contributed by atoms with van der Waals surface area (Å²) in [6.07, 6.45) is 2.34. The van der Waals surface area contributed by atoms with E-state index >= 15 is 0 Å². The minimum atomic E-state index is -0.225. The molecule has 0 aliphatic heterocycles. The lowest BCUT2D eigenvalue weighted by molar-refractivity contribution is 0.318. The Morgan fingerprint density at radius 1 is 1.28 bits per heavy atom. The summed E-state index contributed by atoms with van der Waals surface area (Å²) in [5.74, 6) is 0.499. The van der Waals surface area contributed by atoms with Crippen molar-refractivity contribution in [2.75, 3.05) is 6.61 Å². The van der Waals surface area contributed by atoms with Gasteiger partial charge in [-0.3, -0.25) is 0 Å². The van der Waals surface area contributed by atoms with Gasteiger partial charge in [0, 0.05) is 6.42 Å². The van der Waals surface area contributed by atoms with Crippen LogP contribution in [0.2, 0.25) is 5.15 Å². The molecule has 2 aromatic rings. The van der Waals surface area contributed by atoms with Gasteiger partial charge in [-0.25, -0.2) is 9.37 Å². The molecule has 1 aromatic heterocycles. The number of pyridine rings is 1. The quantitative estimate of drug-likeness (QED) is 0.785. The third-order valence-corrected chi connectivity index (χ3v) is 2.80. The summed E-state index contributed by atoms with van der Waals surface area (Å²) < 4.78 is 18.3. The van der Waals surface area contributed by atoms with Crippen LogP contribution in [0.3, 0.4) is 0 Å². The molecule has 0 bridgehead atoms. The van der Waals surface area contributed by atoms with Gasteiger partial charge in [-0.05, 0) is 36.2 Å². The van der Waals surface area contributed by atoms with Gasteiger partial charge in [0.05, 0.1) is 12.8 Å². The summed E-state index contributed by atoms with van der Waals surface area (Å²) in [5.41, 5.74) is 1.99. The first-order chi connectivity index (χ1) is 8.65. The fourth-order valence-corrected chi connectivity index (χ4v) is 1.80. The van der Waals surface area contributed by atoms with Crippen molar-refractivity contribution in [3.63, 3.8) is 0 Å². The highest BCUT2D eigenvalue weighted by molar-refractivity contribution is 6.29. The first-order valence-corrected chi connectivity index (χ1v) is 6.02. The third kappa shape index (κ3) is 3.44. The Hall–Kier alpha value is -1.61. The van der Waals surface area contributed by atoms with Crippen LogP contribution in [0.5, 0.6) is 5.75 Å². The second-order valence-corrected chi connectivity index (χ2v) is 4.38. The number of rotatable bonds is 4. The van der Waals surface area contributed by atoms with Crippen molar-refractivity contribution in [2.24, 2.45) is 0 Å². The maximum atomic E-state index is 12.7. The Morgan fingerprint density at radius 2 is 2.00 bits per heavy atom. The van der Waals surface area contributed by atoms with Gasteiger partial charge in [-0.1, -0.05) is 23.7 Å². The van der Waals surface area contributed by atoms with E-state index in [0.29, 0.717) is 11.8 Å². The van der Waals surface area contributed by atoms with E-state index in [1.807, 2.05) is 6.92 Å². The standard InChI is InChI=1S/C14H13ClFNO/c1-10-8-14(15)17-9-13(10)18-7-6-11-2-4-12(16)5-3-11/h2-5,8-9H,6-7H2,1H3. The predicted molar refractivity (Wildman–Crippen MR) is 69.6 cm³/mol.